The topological polar surface area (TPSA) is 117 Å². The number of carbonyl (C=O) groups is 2. The molecule has 0 aromatic heterocycles. The van der Waals surface area contributed by atoms with Gasteiger partial charge in [-0.1, -0.05) is 0 Å². The second kappa shape index (κ2) is 7.74. The third kappa shape index (κ3) is 3.74. The number of nitrogens with two attached hydrogens (primary N) is 2. The van der Waals surface area contributed by atoms with Crippen molar-refractivity contribution in [2.24, 2.45) is 23.3 Å². The summed E-state index contributed by atoms with van der Waals surface area (Å²) in [5.41, 5.74) is 11.7. The maximum Gasteiger partial charge on any atom is 0.240 e. The Balaban J connectivity index is 1.52. The summed E-state index contributed by atoms with van der Waals surface area (Å²) in [7, 11) is 1.64. The van der Waals surface area contributed by atoms with Crippen molar-refractivity contribution in [1.82, 2.24) is 4.90 Å². The number of fused-ring (bicyclic) bond motifs is 4. The molecule has 0 radical (unpaired) electrons. The number of likely N-dealkylation sites (tertiary alicyclic amines) is 1. The summed E-state index contributed by atoms with van der Waals surface area (Å²) in [6.07, 6.45) is 1.53. The molecule has 2 amide bonds. The van der Waals surface area contributed by atoms with Crippen LogP contribution in [0.1, 0.15) is 44.8 Å². The van der Waals surface area contributed by atoms with E-state index in [0.717, 1.165) is 29.9 Å². The molecule has 3 aliphatic rings. The number of methoxy groups -OCH3 is 1. The minimum Gasteiger partial charge on any atom is -0.497 e. The highest BCUT2D eigenvalue weighted by Crippen LogP contribution is 2.53. The number of piperidine rings is 1. The van der Waals surface area contributed by atoms with Crippen LogP contribution in [-0.4, -0.2) is 54.7 Å². The first-order chi connectivity index (χ1) is 14.2. The van der Waals surface area contributed by atoms with E-state index >= 15 is 0 Å². The summed E-state index contributed by atoms with van der Waals surface area (Å²) in [4.78, 5) is 25.5. The predicted octanol–water partition coefficient (Wildman–Crippen LogP) is 1.36. The Morgan fingerprint density at radius 3 is 2.83 bits per heavy atom. The number of primary amides is 1. The number of benzene rings is 1. The second-order valence-corrected chi connectivity index (χ2v) is 9.16. The molecule has 0 aliphatic carbocycles. The van der Waals surface area contributed by atoms with Crippen molar-refractivity contribution in [1.29, 1.82) is 0 Å². The summed E-state index contributed by atoms with van der Waals surface area (Å²) in [5.74, 6) is 1.15. The van der Waals surface area contributed by atoms with E-state index in [1.54, 1.807) is 12.0 Å². The van der Waals surface area contributed by atoms with Gasteiger partial charge in [0.15, 0.2) is 0 Å². The highest BCUT2D eigenvalue weighted by Gasteiger charge is 2.51. The average Bonchev–Trinajstić information content (AvgIpc) is 2.70. The zero-order valence-corrected chi connectivity index (χ0v) is 17.8. The van der Waals surface area contributed by atoms with E-state index in [1.165, 1.54) is 0 Å². The van der Waals surface area contributed by atoms with Crippen LogP contribution >= 0.6 is 0 Å². The molecule has 3 heterocycles. The van der Waals surface area contributed by atoms with Gasteiger partial charge in [-0.2, -0.15) is 0 Å². The summed E-state index contributed by atoms with van der Waals surface area (Å²) in [6.45, 7) is 5.32. The van der Waals surface area contributed by atoms with Crippen LogP contribution in [0.4, 0.5) is 0 Å². The lowest BCUT2D eigenvalue weighted by atomic mass is 9.70. The zero-order valence-electron chi connectivity index (χ0n) is 17.8. The molecule has 4 N–H and O–H groups in total. The molecule has 1 aromatic carbocycles. The fourth-order valence-electron chi connectivity index (χ4n) is 5.15. The Hall–Kier alpha value is -2.32. The van der Waals surface area contributed by atoms with Crippen molar-refractivity contribution in [2.45, 2.75) is 57.0 Å². The minimum absolute atomic E-state index is 0.0460. The number of ether oxygens (including phenoxy) is 3. The maximum atomic E-state index is 12.7. The first-order valence-corrected chi connectivity index (χ1v) is 10.5. The fourth-order valence-corrected chi connectivity index (χ4v) is 5.15. The van der Waals surface area contributed by atoms with E-state index in [4.69, 9.17) is 25.7 Å². The second-order valence-electron chi connectivity index (χ2n) is 9.16. The zero-order chi connectivity index (χ0) is 21.6. The maximum absolute atomic E-state index is 12.7. The van der Waals surface area contributed by atoms with Gasteiger partial charge < -0.3 is 30.6 Å². The highest BCUT2D eigenvalue weighted by molar-refractivity contribution is 5.87. The molecular formula is C22H31N3O5. The Kier molecular flexibility index (Phi) is 5.40. The Morgan fingerprint density at radius 1 is 1.37 bits per heavy atom. The standard InChI is InChI=1S/C22H31N3O5/c1-22(2)15-8-12-11-25(21(27)16(23)10-19(24)26)7-6-17(12)29-20(15)14-5-4-13(28-3)9-18(14)30-22/h4-5,9,12,15-17,20H,6-8,10-11,23H2,1-3H3,(H2,24,26)/t12-,15+,16+,17+,20-/m1/s1. The molecule has 0 saturated carbocycles. The molecule has 164 valence electrons. The lowest BCUT2D eigenvalue weighted by Crippen LogP contribution is -2.57. The van der Waals surface area contributed by atoms with Gasteiger partial charge in [-0.05, 0) is 38.8 Å². The Bertz CT molecular complexity index is 842. The van der Waals surface area contributed by atoms with Crippen LogP contribution in [-0.2, 0) is 14.3 Å². The molecule has 1 aromatic rings. The lowest BCUT2D eigenvalue weighted by molar-refractivity contribution is -0.189. The third-order valence-electron chi connectivity index (χ3n) is 6.75. The number of hydrogen-bond acceptors (Lipinski definition) is 6. The number of nitrogens with zero attached hydrogens (tertiary/aromatic N) is 1. The van der Waals surface area contributed by atoms with Gasteiger partial charge in [0.2, 0.25) is 11.8 Å². The van der Waals surface area contributed by atoms with Gasteiger partial charge in [0.05, 0.1) is 31.8 Å². The van der Waals surface area contributed by atoms with Crippen molar-refractivity contribution in [3.8, 4) is 11.5 Å². The molecule has 0 bridgehead atoms. The van der Waals surface area contributed by atoms with Crippen LogP contribution in [0, 0.1) is 11.8 Å². The van der Waals surface area contributed by atoms with Crippen LogP contribution in [0.5, 0.6) is 11.5 Å². The molecule has 5 atom stereocenters. The van der Waals surface area contributed by atoms with Crippen molar-refractivity contribution in [3.05, 3.63) is 23.8 Å². The molecule has 0 spiro atoms. The summed E-state index contributed by atoms with van der Waals surface area (Å²) < 4.78 is 18.3. The van der Waals surface area contributed by atoms with Crippen LogP contribution in [0.2, 0.25) is 0 Å². The normalized spacial score (nSPS) is 30.2. The average molecular weight is 418 g/mol. The summed E-state index contributed by atoms with van der Waals surface area (Å²) >= 11 is 0. The van der Waals surface area contributed by atoms with Gasteiger partial charge in [-0.15, -0.1) is 0 Å². The Labute approximate surface area is 176 Å². The molecular weight excluding hydrogens is 386 g/mol. The van der Waals surface area contributed by atoms with Crippen molar-refractivity contribution >= 4 is 11.8 Å². The quantitative estimate of drug-likeness (QED) is 0.764. The number of amides is 2. The molecule has 2 saturated heterocycles. The van der Waals surface area contributed by atoms with E-state index in [-0.39, 0.29) is 36.4 Å². The van der Waals surface area contributed by atoms with Gasteiger partial charge in [0.1, 0.15) is 17.1 Å². The van der Waals surface area contributed by atoms with Gasteiger partial charge in [0, 0.05) is 36.6 Å². The van der Waals surface area contributed by atoms with E-state index in [9.17, 15) is 9.59 Å². The molecule has 8 nitrogen and oxygen atoms in total. The van der Waals surface area contributed by atoms with Crippen LogP contribution in [0.15, 0.2) is 18.2 Å². The van der Waals surface area contributed by atoms with Crippen molar-refractivity contribution in [2.75, 3.05) is 20.2 Å². The Morgan fingerprint density at radius 2 is 2.13 bits per heavy atom. The van der Waals surface area contributed by atoms with Crippen LogP contribution in [0.3, 0.4) is 0 Å². The van der Waals surface area contributed by atoms with Crippen molar-refractivity contribution < 1.29 is 23.8 Å². The minimum atomic E-state index is -0.882. The summed E-state index contributed by atoms with van der Waals surface area (Å²) in [6, 6.07) is 5.01. The SMILES string of the molecule is COc1ccc2c(c1)OC(C)(C)[C@H]1C[C@@H]3CN(C(=O)[C@@H](N)CC(N)=O)CC[C@@H]3O[C@H]21. The van der Waals surface area contributed by atoms with Crippen LogP contribution < -0.4 is 20.9 Å². The lowest BCUT2D eigenvalue weighted by Gasteiger charge is -2.53. The van der Waals surface area contributed by atoms with Gasteiger partial charge in [-0.3, -0.25) is 9.59 Å². The number of rotatable bonds is 4. The van der Waals surface area contributed by atoms with E-state index in [1.807, 2.05) is 18.2 Å². The van der Waals surface area contributed by atoms with Gasteiger partial charge in [-0.25, -0.2) is 0 Å². The largest absolute Gasteiger partial charge is 0.497 e. The predicted molar refractivity (Wildman–Crippen MR) is 110 cm³/mol. The van der Waals surface area contributed by atoms with E-state index in [2.05, 4.69) is 13.8 Å². The van der Waals surface area contributed by atoms with Gasteiger partial charge in [0.25, 0.3) is 0 Å². The molecule has 3 aliphatic heterocycles. The molecule has 4 rings (SSSR count). The van der Waals surface area contributed by atoms with E-state index < -0.39 is 17.6 Å². The fraction of sp³-hybridized carbons (Fsp3) is 0.636. The number of hydrogen-bond donors (Lipinski definition) is 2. The third-order valence-corrected chi connectivity index (χ3v) is 6.75. The summed E-state index contributed by atoms with van der Waals surface area (Å²) in [5, 5.41) is 0. The molecule has 2 fully saturated rings. The molecule has 8 heteroatoms. The van der Waals surface area contributed by atoms with Crippen molar-refractivity contribution in [3.63, 3.8) is 0 Å². The highest BCUT2D eigenvalue weighted by atomic mass is 16.5. The first kappa shape index (κ1) is 20.9. The first-order valence-electron chi connectivity index (χ1n) is 10.5. The monoisotopic (exact) mass is 417 g/mol. The smallest absolute Gasteiger partial charge is 0.240 e. The molecule has 30 heavy (non-hydrogen) atoms. The van der Waals surface area contributed by atoms with Crippen LogP contribution in [0.25, 0.3) is 0 Å². The van der Waals surface area contributed by atoms with E-state index in [0.29, 0.717) is 13.1 Å². The molecule has 0 unspecified atom stereocenters. The van der Waals surface area contributed by atoms with Gasteiger partial charge >= 0.3 is 0 Å². The number of carbonyl (C=O) groups excluding carboxylic acids is 2.